The number of rotatable bonds is 21. The molecule has 0 saturated heterocycles. The van der Waals surface area contributed by atoms with E-state index in [1.54, 1.807) is 97.7 Å². The predicted octanol–water partition coefficient (Wildman–Crippen LogP) is 8.87. The Morgan fingerprint density at radius 1 is 0.470 bits per heavy atom. The molecule has 31 heteroatoms. The van der Waals surface area contributed by atoms with Gasteiger partial charge in [0.1, 0.15) is 70.3 Å². The largest absolute Gasteiger partial charge is 0.496 e. The first-order chi connectivity index (χ1) is 47.7. The standard InChI is InChI=1S/2C23H25ClFN5O4.C23H23ClFN5O2/c2*1-30(23(22(26)33)8-17(31)18(32)9-23)10-12-6-13-16(7-19(12)34-2)27-11-28-21(13)29-15-5-3-4-14(24)20(15)25;1-30(23(22(26)31)8-3-4-9-23)12-14-10-15-18(11-19(14)32-2)27-13-28-21(15)29-17-7-5-6-16(24)20(17)25/h2*3-7,11,17-18,31-32H,8-10H2,1-2H3,(H2,26,33)(H,27,28,29);3-7,10-11,13H,8-9,12H2,1-2H3,(H2,26,31)(H,27,28,29)/t2*17-,18+,23?;. The van der Waals surface area contributed by atoms with Crippen LogP contribution in [0.25, 0.3) is 32.7 Å². The summed E-state index contributed by atoms with van der Waals surface area (Å²) in [5, 5.41) is 51.1. The van der Waals surface area contributed by atoms with Crippen molar-refractivity contribution < 1.29 is 62.2 Å². The molecule has 0 aliphatic heterocycles. The summed E-state index contributed by atoms with van der Waals surface area (Å²) in [6, 6.07) is 24.6. The maximum absolute atomic E-state index is 14.5. The number of benzene rings is 6. The smallest absolute Gasteiger partial charge is 0.238 e. The maximum Gasteiger partial charge on any atom is 0.238 e. The second kappa shape index (κ2) is 30.6. The molecule has 6 aromatic carbocycles. The molecule has 0 spiro atoms. The van der Waals surface area contributed by atoms with E-state index in [1.165, 1.54) is 51.4 Å². The lowest BCUT2D eigenvalue weighted by atomic mass is 9.93. The number of methoxy groups -OCH3 is 3. The molecule has 526 valence electrons. The molecule has 3 heterocycles. The zero-order chi connectivity index (χ0) is 72.1. The van der Waals surface area contributed by atoms with E-state index in [-0.39, 0.29) is 76.8 Å². The molecule has 25 nitrogen and oxygen atoms in total. The van der Waals surface area contributed by atoms with Crippen molar-refractivity contribution in [3.05, 3.63) is 171 Å². The Bertz CT molecular complexity index is 4390. The highest BCUT2D eigenvalue weighted by atomic mass is 35.5. The van der Waals surface area contributed by atoms with Gasteiger partial charge < -0.3 is 67.8 Å². The quantitative estimate of drug-likeness (QED) is 0.0300. The van der Waals surface area contributed by atoms with Crippen molar-refractivity contribution in [2.75, 3.05) is 58.4 Å². The van der Waals surface area contributed by atoms with Gasteiger partial charge >= 0.3 is 0 Å². The van der Waals surface area contributed by atoms with Crippen molar-refractivity contribution >= 4 is 120 Å². The number of hydrogen-bond acceptors (Lipinski definition) is 22. The molecular weight excluding hydrogens is 1360 g/mol. The minimum absolute atomic E-state index is 0.0132. The zero-order valence-electron chi connectivity index (χ0n) is 55.0. The Hall–Kier alpha value is -9.33. The van der Waals surface area contributed by atoms with Crippen LogP contribution in [0.2, 0.25) is 15.1 Å². The number of nitrogens with zero attached hydrogens (tertiary/aromatic N) is 9. The van der Waals surface area contributed by atoms with Gasteiger partial charge in [-0.05, 0) is 88.6 Å². The first-order valence-corrected chi connectivity index (χ1v) is 32.3. The number of aliphatic hydroxyl groups is 4. The van der Waals surface area contributed by atoms with Gasteiger partial charge in [0.15, 0.2) is 17.5 Å². The Morgan fingerprint density at radius 2 is 0.740 bits per heavy atom. The van der Waals surface area contributed by atoms with Crippen molar-refractivity contribution in [3.8, 4) is 17.2 Å². The number of hydrogen-bond donors (Lipinski definition) is 10. The number of carbonyl (C=O) groups excluding carboxylic acids is 3. The summed E-state index contributed by atoms with van der Waals surface area (Å²) in [6.07, 6.45) is 4.99. The van der Waals surface area contributed by atoms with E-state index >= 15 is 0 Å². The van der Waals surface area contributed by atoms with Gasteiger partial charge in [-0.3, -0.25) is 29.1 Å². The summed E-state index contributed by atoms with van der Waals surface area (Å²) in [5.74, 6) is -0.629. The third kappa shape index (κ3) is 14.9. The number of ether oxygens (including phenoxy) is 3. The summed E-state index contributed by atoms with van der Waals surface area (Å²) in [4.78, 5) is 68.1. The number of nitrogens with one attached hydrogen (secondary N) is 3. The van der Waals surface area contributed by atoms with Gasteiger partial charge in [-0.2, -0.15) is 0 Å². The molecule has 2 saturated carbocycles. The molecule has 12 rings (SSSR count). The fourth-order valence-electron chi connectivity index (χ4n) is 12.9. The molecule has 3 amide bonds. The van der Waals surface area contributed by atoms with E-state index in [1.807, 2.05) is 30.2 Å². The predicted molar refractivity (Wildman–Crippen MR) is 373 cm³/mol. The number of primary amides is 3. The van der Waals surface area contributed by atoms with Gasteiger partial charge in [0, 0.05) is 96.4 Å². The number of fused-ring (bicyclic) bond motifs is 3. The van der Waals surface area contributed by atoms with Crippen LogP contribution in [0.3, 0.4) is 0 Å². The lowest BCUT2D eigenvalue weighted by Crippen LogP contribution is -2.54. The summed E-state index contributed by atoms with van der Waals surface area (Å²) in [5.41, 5.74) is 18.4. The molecule has 13 N–H and O–H groups in total. The van der Waals surface area contributed by atoms with Gasteiger partial charge in [-0.25, -0.2) is 43.1 Å². The molecule has 2 unspecified atom stereocenters. The monoisotopic (exact) mass is 1430 g/mol. The van der Waals surface area contributed by atoms with Crippen LogP contribution in [0.1, 0.15) is 55.2 Å². The van der Waals surface area contributed by atoms with Gasteiger partial charge in [-0.1, -0.05) is 65.2 Å². The van der Waals surface area contributed by atoms with E-state index < -0.39 is 70.3 Å². The second-order valence-electron chi connectivity index (χ2n) is 24.6. The first kappa shape index (κ1) is 73.4. The van der Waals surface area contributed by atoms with Crippen LogP contribution in [0, 0.1) is 17.5 Å². The van der Waals surface area contributed by atoms with Crippen LogP contribution in [0.4, 0.5) is 47.7 Å². The molecule has 9 aromatic rings. The number of anilines is 6. The van der Waals surface area contributed by atoms with E-state index in [9.17, 15) is 48.0 Å². The minimum Gasteiger partial charge on any atom is -0.496 e. The fraction of sp³-hybridized carbons (Fsp3) is 0.319. The van der Waals surface area contributed by atoms with Gasteiger partial charge in [0.2, 0.25) is 17.7 Å². The van der Waals surface area contributed by atoms with Gasteiger partial charge in [0.25, 0.3) is 0 Å². The molecule has 3 aliphatic carbocycles. The first-order valence-electron chi connectivity index (χ1n) is 31.2. The third-order valence-electron chi connectivity index (χ3n) is 18.7. The number of aromatic nitrogens is 6. The van der Waals surface area contributed by atoms with Crippen LogP contribution in [0.5, 0.6) is 17.2 Å². The maximum atomic E-state index is 14.5. The number of halogens is 6. The van der Waals surface area contributed by atoms with Crippen molar-refractivity contribution in [1.29, 1.82) is 0 Å². The lowest BCUT2D eigenvalue weighted by molar-refractivity contribution is -0.131. The van der Waals surface area contributed by atoms with Crippen molar-refractivity contribution in [1.82, 2.24) is 44.6 Å². The van der Waals surface area contributed by atoms with Crippen molar-refractivity contribution in [2.24, 2.45) is 17.2 Å². The average Bonchev–Trinajstić information content (AvgIpc) is 1.61. The minimum atomic E-state index is -1.23. The molecule has 0 bridgehead atoms. The molecule has 3 aromatic heterocycles. The summed E-state index contributed by atoms with van der Waals surface area (Å²) in [7, 11) is 9.86. The average molecular weight is 1440 g/mol. The Kier molecular flexibility index (Phi) is 22.5. The van der Waals surface area contributed by atoms with Crippen LogP contribution in [-0.2, 0) is 34.0 Å². The SMILES string of the molecule is COc1cc2ncnc(Nc3cccc(Cl)c3F)c2cc1CN(C)C1(C(N)=O)CC=CC1.COc1cc2ncnc(Nc3cccc(Cl)c3F)c2cc1CN(C)C1(C(N)=O)C[C@@H](O)[C@@H](O)C1.COc1cc2ncnc(Nc3cccc(Cl)c3F)c2cc1CN(C)C1(C(N)=O)C[C@@H](O)[C@@H](O)C1. The highest BCUT2D eigenvalue weighted by Gasteiger charge is 2.53. The molecule has 0 radical (unpaired) electrons. The van der Waals surface area contributed by atoms with Crippen LogP contribution < -0.4 is 47.4 Å². The Labute approximate surface area is 587 Å². The molecule has 2 fully saturated rings. The fourth-order valence-corrected chi connectivity index (χ4v) is 13.4. The van der Waals surface area contributed by atoms with E-state index in [0.717, 1.165) is 5.56 Å². The van der Waals surface area contributed by atoms with Crippen LogP contribution >= 0.6 is 34.8 Å². The lowest BCUT2D eigenvalue weighted by Gasteiger charge is -2.36. The van der Waals surface area contributed by atoms with E-state index in [0.29, 0.717) is 97.9 Å². The second-order valence-corrected chi connectivity index (χ2v) is 25.8. The number of aliphatic hydroxyl groups excluding tert-OH is 4. The molecule has 100 heavy (non-hydrogen) atoms. The highest BCUT2D eigenvalue weighted by molar-refractivity contribution is 6.31. The number of nitrogens with two attached hydrogens (primary N) is 3. The number of amides is 3. The molecule has 6 atom stereocenters. The Morgan fingerprint density at radius 3 is 1.00 bits per heavy atom. The Balaban J connectivity index is 0.000000162. The summed E-state index contributed by atoms with van der Waals surface area (Å²) < 4.78 is 60.0. The van der Waals surface area contributed by atoms with Crippen LogP contribution in [0.15, 0.2) is 122 Å². The number of carbonyl (C=O) groups is 3. The van der Waals surface area contributed by atoms with E-state index in [2.05, 4.69) is 45.9 Å². The molecule has 3 aliphatic rings. The van der Waals surface area contributed by atoms with Gasteiger partial charge in [-0.15, -0.1) is 0 Å². The summed E-state index contributed by atoms with van der Waals surface area (Å²) >= 11 is 17.7. The van der Waals surface area contributed by atoms with Crippen LogP contribution in [-0.4, -0.2) is 166 Å². The normalized spacial score (nSPS) is 19.9. The third-order valence-corrected chi connectivity index (χ3v) is 19.5. The number of likely N-dealkylation sites (N-methyl/N-ethyl adjacent to an activating group) is 3. The molecular formula is C69H73Cl3F3N15O10. The highest BCUT2D eigenvalue weighted by Crippen LogP contribution is 2.42. The zero-order valence-corrected chi connectivity index (χ0v) is 57.3. The summed E-state index contributed by atoms with van der Waals surface area (Å²) in [6.45, 7) is 0.826. The van der Waals surface area contributed by atoms with Gasteiger partial charge in [0.05, 0.1) is 94.4 Å². The van der Waals surface area contributed by atoms with E-state index in [4.69, 9.17) is 66.2 Å². The van der Waals surface area contributed by atoms with Crippen molar-refractivity contribution in [2.45, 2.75) is 99.2 Å². The van der Waals surface area contributed by atoms with Crippen molar-refractivity contribution in [3.63, 3.8) is 0 Å². The topological polar surface area (TPSA) is 361 Å².